The standard InChI is InChI=1S/C22H12BrClS/c23-20-12-19-18-11-14(13-5-8-15(24)9-6-13)7-10-21(18)25-22(19)17-4-2-1-3-16(17)20/h1-12H. The Labute approximate surface area is 162 Å². The van der Waals surface area contributed by atoms with E-state index in [1.165, 1.54) is 42.1 Å². The summed E-state index contributed by atoms with van der Waals surface area (Å²) in [6, 6.07) is 25.6. The quantitative estimate of drug-likeness (QED) is 0.254. The summed E-state index contributed by atoms with van der Waals surface area (Å²) in [7, 11) is 0. The first kappa shape index (κ1) is 15.4. The third kappa shape index (κ3) is 2.48. The van der Waals surface area contributed by atoms with Crippen molar-refractivity contribution in [1.29, 1.82) is 0 Å². The Kier molecular flexibility index (Phi) is 3.60. The van der Waals surface area contributed by atoms with Gasteiger partial charge in [0.25, 0.3) is 0 Å². The molecule has 120 valence electrons. The molecule has 0 nitrogen and oxygen atoms in total. The van der Waals surface area contributed by atoms with Crippen LogP contribution in [0.4, 0.5) is 0 Å². The molecular weight excluding hydrogens is 412 g/mol. The van der Waals surface area contributed by atoms with Gasteiger partial charge in [-0.25, -0.2) is 0 Å². The van der Waals surface area contributed by atoms with Crippen molar-refractivity contribution in [3.05, 3.63) is 82.3 Å². The molecule has 0 aliphatic rings. The normalized spacial score (nSPS) is 11.6. The van der Waals surface area contributed by atoms with Crippen LogP contribution in [-0.2, 0) is 0 Å². The summed E-state index contributed by atoms with van der Waals surface area (Å²) in [6.45, 7) is 0. The molecule has 0 aliphatic heterocycles. The maximum atomic E-state index is 6.02. The third-order valence-electron chi connectivity index (χ3n) is 4.60. The van der Waals surface area contributed by atoms with Gasteiger partial charge in [-0.2, -0.15) is 0 Å². The van der Waals surface area contributed by atoms with Gasteiger partial charge >= 0.3 is 0 Å². The first-order valence-corrected chi connectivity index (χ1v) is 9.99. The van der Waals surface area contributed by atoms with Crippen LogP contribution in [0, 0.1) is 0 Å². The Bertz CT molecular complexity index is 1250. The van der Waals surface area contributed by atoms with Gasteiger partial charge in [0.2, 0.25) is 0 Å². The molecule has 0 unspecified atom stereocenters. The summed E-state index contributed by atoms with van der Waals surface area (Å²) in [5, 5.41) is 5.95. The molecule has 0 amide bonds. The predicted molar refractivity (Wildman–Crippen MR) is 115 cm³/mol. The summed E-state index contributed by atoms with van der Waals surface area (Å²) in [5.74, 6) is 0. The van der Waals surface area contributed by atoms with Crippen LogP contribution in [0.2, 0.25) is 5.02 Å². The number of hydrogen-bond acceptors (Lipinski definition) is 1. The summed E-state index contributed by atoms with van der Waals surface area (Å²) in [4.78, 5) is 0. The Morgan fingerprint density at radius 1 is 0.680 bits per heavy atom. The molecule has 5 aromatic rings. The van der Waals surface area contributed by atoms with Crippen LogP contribution in [0.3, 0.4) is 0 Å². The topological polar surface area (TPSA) is 0 Å². The second-order valence-electron chi connectivity index (χ2n) is 6.10. The van der Waals surface area contributed by atoms with Crippen LogP contribution in [-0.4, -0.2) is 0 Å². The first-order chi connectivity index (χ1) is 12.2. The van der Waals surface area contributed by atoms with Crippen LogP contribution in [0.25, 0.3) is 42.1 Å². The number of fused-ring (bicyclic) bond motifs is 5. The molecule has 0 radical (unpaired) electrons. The maximum absolute atomic E-state index is 6.02. The van der Waals surface area contributed by atoms with E-state index < -0.39 is 0 Å². The molecule has 3 heteroatoms. The summed E-state index contributed by atoms with van der Waals surface area (Å²) in [6.07, 6.45) is 0. The van der Waals surface area contributed by atoms with Crippen molar-refractivity contribution in [3.8, 4) is 11.1 Å². The van der Waals surface area contributed by atoms with Crippen LogP contribution in [0.1, 0.15) is 0 Å². The van der Waals surface area contributed by atoms with E-state index in [9.17, 15) is 0 Å². The average Bonchev–Trinajstić information content (AvgIpc) is 3.01. The van der Waals surface area contributed by atoms with E-state index >= 15 is 0 Å². The zero-order chi connectivity index (χ0) is 17.0. The summed E-state index contributed by atoms with van der Waals surface area (Å²) < 4.78 is 3.81. The van der Waals surface area contributed by atoms with E-state index in [4.69, 9.17) is 11.6 Å². The SMILES string of the molecule is Clc1ccc(-c2ccc3sc4c5ccccc5c(Br)cc4c3c2)cc1. The molecule has 1 aromatic heterocycles. The monoisotopic (exact) mass is 422 g/mol. The number of thiophene rings is 1. The third-order valence-corrected chi connectivity index (χ3v) is 6.73. The van der Waals surface area contributed by atoms with Gasteiger partial charge in [0.1, 0.15) is 0 Å². The van der Waals surface area contributed by atoms with Crippen molar-refractivity contribution >= 4 is 69.8 Å². The van der Waals surface area contributed by atoms with E-state index in [-0.39, 0.29) is 0 Å². The Balaban J connectivity index is 1.84. The molecule has 0 bridgehead atoms. The molecular formula is C22H12BrClS. The zero-order valence-electron chi connectivity index (χ0n) is 13.1. The molecule has 4 aromatic carbocycles. The number of rotatable bonds is 1. The van der Waals surface area contributed by atoms with Gasteiger partial charge in [-0.15, -0.1) is 11.3 Å². The molecule has 1 heterocycles. The predicted octanol–water partition coefficient (Wildman–Crippen LogP) is 8.29. The fourth-order valence-electron chi connectivity index (χ4n) is 3.38. The van der Waals surface area contributed by atoms with Gasteiger partial charge in [0.15, 0.2) is 0 Å². The van der Waals surface area contributed by atoms with Crippen molar-refractivity contribution in [2.45, 2.75) is 0 Å². The first-order valence-electron chi connectivity index (χ1n) is 8.00. The lowest BCUT2D eigenvalue weighted by molar-refractivity contribution is 1.65. The van der Waals surface area contributed by atoms with Crippen molar-refractivity contribution in [3.63, 3.8) is 0 Å². The minimum Gasteiger partial charge on any atom is -0.135 e. The second kappa shape index (κ2) is 5.84. The fourth-order valence-corrected chi connectivity index (χ4v) is 5.28. The van der Waals surface area contributed by atoms with E-state index in [0.29, 0.717) is 0 Å². The van der Waals surface area contributed by atoms with Gasteiger partial charge in [0.05, 0.1) is 0 Å². The molecule has 0 N–H and O–H groups in total. The highest BCUT2D eigenvalue weighted by Crippen LogP contribution is 2.42. The molecule has 0 saturated heterocycles. The smallest absolute Gasteiger partial charge is 0.0434 e. The van der Waals surface area contributed by atoms with Crippen molar-refractivity contribution < 1.29 is 0 Å². The molecule has 25 heavy (non-hydrogen) atoms. The number of hydrogen-bond donors (Lipinski definition) is 0. The summed E-state index contributed by atoms with van der Waals surface area (Å²) >= 11 is 11.6. The molecule has 0 atom stereocenters. The van der Waals surface area contributed by atoms with Crippen molar-refractivity contribution in [2.24, 2.45) is 0 Å². The fraction of sp³-hybridized carbons (Fsp3) is 0. The van der Waals surface area contributed by atoms with Crippen LogP contribution < -0.4 is 0 Å². The molecule has 0 fully saturated rings. The second-order valence-corrected chi connectivity index (χ2v) is 8.44. The van der Waals surface area contributed by atoms with Crippen LogP contribution >= 0.6 is 38.9 Å². The van der Waals surface area contributed by atoms with Gasteiger partial charge in [-0.1, -0.05) is 70.0 Å². The van der Waals surface area contributed by atoms with E-state index in [1.807, 2.05) is 23.5 Å². The minimum atomic E-state index is 0.765. The molecule has 0 saturated carbocycles. The maximum Gasteiger partial charge on any atom is 0.0434 e. The summed E-state index contributed by atoms with van der Waals surface area (Å²) in [5.41, 5.74) is 2.40. The molecule has 5 rings (SSSR count). The van der Waals surface area contributed by atoms with Gasteiger partial charge in [-0.3, -0.25) is 0 Å². The highest BCUT2D eigenvalue weighted by atomic mass is 79.9. The lowest BCUT2D eigenvalue weighted by Crippen LogP contribution is -1.78. The average molecular weight is 424 g/mol. The Morgan fingerprint density at radius 3 is 2.20 bits per heavy atom. The van der Waals surface area contributed by atoms with Gasteiger partial charge in [0, 0.05) is 35.1 Å². The highest BCUT2D eigenvalue weighted by Gasteiger charge is 2.11. The van der Waals surface area contributed by atoms with Crippen LogP contribution in [0.15, 0.2) is 77.3 Å². The Hall–Kier alpha value is -1.87. The van der Waals surface area contributed by atoms with E-state index in [0.717, 1.165) is 9.50 Å². The van der Waals surface area contributed by atoms with Gasteiger partial charge in [-0.05, 0) is 46.8 Å². The molecule has 0 aliphatic carbocycles. The van der Waals surface area contributed by atoms with Crippen molar-refractivity contribution in [1.82, 2.24) is 0 Å². The Morgan fingerprint density at radius 2 is 1.40 bits per heavy atom. The largest absolute Gasteiger partial charge is 0.135 e. The van der Waals surface area contributed by atoms with E-state index in [2.05, 4.69) is 76.6 Å². The minimum absolute atomic E-state index is 0.765. The van der Waals surface area contributed by atoms with E-state index in [1.54, 1.807) is 0 Å². The lowest BCUT2D eigenvalue weighted by Gasteiger charge is -2.04. The highest BCUT2D eigenvalue weighted by molar-refractivity contribution is 9.10. The number of benzene rings is 4. The number of halogens is 2. The van der Waals surface area contributed by atoms with Crippen LogP contribution in [0.5, 0.6) is 0 Å². The van der Waals surface area contributed by atoms with Gasteiger partial charge < -0.3 is 0 Å². The van der Waals surface area contributed by atoms with Crippen molar-refractivity contribution in [2.75, 3.05) is 0 Å². The zero-order valence-corrected chi connectivity index (χ0v) is 16.3. The lowest BCUT2D eigenvalue weighted by atomic mass is 10.0. The molecule has 0 spiro atoms.